The minimum absolute atomic E-state index is 0.194. The van der Waals surface area contributed by atoms with Crippen molar-refractivity contribution in [3.05, 3.63) is 64.7 Å². The number of rotatable bonds is 4. The Kier molecular flexibility index (Phi) is 4.39. The molecule has 1 unspecified atom stereocenters. The van der Waals surface area contributed by atoms with Gasteiger partial charge in [-0.05, 0) is 31.0 Å². The van der Waals surface area contributed by atoms with Crippen LogP contribution in [-0.4, -0.2) is 28.7 Å². The third-order valence-electron chi connectivity index (χ3n) is 5.02. The molecule has 4 rings (SSSR count). The molecular weight excluding hydrogens is 344 g/mol. The number of amides is 3. The lowest BCUT2D eigenvalue weighted by Crippen LogP contribution is -2.52. The van der Waals surface area contributed by atoms with Crippen LogP contribution in [0.5, 0.6) is 5.75 Å². The third-order valence-corrected chi connectivity index (χ3v) is 5.02. The van der Waals surface area contributed by atoms with Crippen molar-refractivity contribution in [1.29, 1.82) is 0 Å². The molecule has 2 aliphatic rings. The number of piperidine rings is 1. The van der Waals surface area contributed by atoms with Crippen LogP contribution in [-0.2, 0) is 22.7 Å². The summed E-state index contributed by atoms with van der Waals surface area (Å²) in [5.74, 6) is -0.241. The summed E-state index contributed by atoms with van der Waals surface area (Å²) < 4.78 is 5.98. The summed E-state index contributed by atoms with van der Waals surface area (Å²) >= 11 is 0. The molecule has 1 atom stereocenters. The first kappa shape index (κ1) is 17.3. The molecule has 1 N–H and O–H groups in total. The highest BCUT2D eigenvalue weighted by Gasteiger charge is 2.40. The van der Waals surface area contributed by atoms with E-state index in [1.807, 2.05) is 31.2 Å². The summed E-state index contributed by atoms with van der Waals surface area (Å²) in [5.41, 5.74) is 3.56. The average molecular weight is 364 g/mol. The van der Waals surface area contributed by atoms with E-state index in [2.05, 4.69) is 11.4 Å². The first-order valence-electron chi connectivity index (χ1n) is 8.98. The first-order chi connectivity index (χ1) is 13.0. The number of carbonyl (C=O) groups is 3. The number of aryl methyl sites for hydroxylation is 1. The van der Waals surface area contributed by atoms with Gasteiger partial charge in [0.05, 0.1) is 6.54 Å². The van der Waals surface area contributed by atoms with E-state index >= 15 is 0 Å². The molecule has 3 amide bonds. The SMILES string of the molecule is Cc1cccc(COc2cccc3c2CN(C2CCC(=O)NC2=O)C3=O)c1. The van der Waals surface area contributed by atoms with Gasteiger partial charge in [-0.1, -0.05) is 35.9 Å². The van der Waals surface area contributed by atoms with Crippen LogP contribution in [0.4, 0.5) is 0 Å². The standard InChI is InChI=1S/C21H20N2O4/c1-13-4-2-5-14(10-13)12-27-18-7-3-6-15-16(18)11-23(21(15)26)17-8-9-19(24)22-20(17)25/h2-7,10,17H,8-9,11-12H2,1H3,(H,22,24,25). The van der Waals surface area contributed by atoms with Crippen molar-refractivity contribution in [2.24, 2.45) is 0 Å². The van der Waals surface area contributed by atoms with Gasteiger partial charge in [0.25, 0.3) is 5.91 Å². The third kappa shape index (κ3) is 3.30. The van der Waals surface area contributed by atoms with Crippen LogP contribution in [0.2, 0.25) is 0 Å². The number of benzene rings is 2. The molecule has 0 saturated carbocycles. The van der Waals surface area contributed by atoms with E-state index in [0.29, 0.717) is 30.9 Å². The molecule has 0 radical (unpaired) electrons. The molecule has 2 aromatic carbocycles. The Hall–Kier alpha value is -3.15. The van der Waals surface area contributed by atoms with Crippen LogP contribution >= 0.6 is 0 Å². The Balaban J connectivity index is 1.54. The van der Waals surface area contributed by atoms with Crippen molar-refractivity contribution in [1.82, 2.24) is 10.2 Å². The second kappa shape index (κ2) is 6.87. The molecule has 0 aliphatic carbocycles. The van der Waals surface area contributed by atoms with Crippen LogP contribution in [0.25, 0.3) is 0 Å². The second-order valence-corrected chi connectivity index (χ2v) is 6.96. The lowest BCUT2D eigenvalue weighted by molar-refractivity contribution is -0.136. The van der Waals surface area contributed by atoms with Crippen molar-refractivity contribution in [3.8, 4) is 5.75 Å². The molecule has 138 valence electrons. The second-order valence-electron chi connectivity index (χ2n) is 6.96. The zero-order valence-corrected chi connectivity index (χ0v) is 15.0. The fourth-order valence-corrected chi connectivity index (χ4v) is 3.66. The van der Waals surface area contributed by atoms with E-state index in [9.17, 15) is 14.4 Å². The zero-order chi connectivity index (χ0) is 19.0. The number of ether oxygens (including phenoxy) is 1. The van der Waals surface area contributed by atoms with Crippen molar-refractivity contribution in [2.75, 3.05) is 0 Å². The lowest BCUT2D eigenvalue weighted by Gasteiger charge is -2.29. The predicted octanol–water partition coefficient (Wildman–Crippen LogP) is 2.34. The Morgan fingerprint density at radius 1 is 1.15 bits per heavy atom. The van der Waals surface area contributed by atoms with Gasteiger partial charge in [-0.25, -0.2) is 0 Å². The van der Waals surface area contributed by atoms with Gasteiger partial charge in [-0.3, -0.25) is 19.7 Å². The van der Waals surface area contributed by atoms with Crippen LogP contribution in [0, 0.1) is 6.92 Å². The summed E-state index contributed by atoms with van der Waals surface area (Å²) in [6.45, 7) is 2.75. The van der Waals surface area contributed by atoms with E-state index < -0.39 is 11.9 Å². The molecule has 0 aromatic heterocycles. The van der Waals surface area contributed by atoms with Gasteiger partial charge in [-0.15, -0.1) is 0 Å². The number of carbonyl (C=O) groups excluding carboxylic acids is 3. The summed E-state index contributed by atoms with van der Waals surface area (Å²) in [4.78, 5) is 37.9. The molecule has 2 aliphatic heterocycles. The van der Waals surface area contributed by atoms with Crippen LogP contribution in [0.1, 0.15) is 39.9 Å². The lowest BCUT2D eigenvalue weighted by atomic mass is 10.0. The summed E-state index contributed by atoms with van der Waals surface area (Å²) in [5, 5.41) is 2.32. The Bertz CT molecular complexity index is 938. The molecule has 2 heterocycles. The van der Waals surface area contributed by atoms with Gasteiger partial charge < -0.3 is 9.64 Å². The highest BCUT2D eigenvalue weighted by molar-refractivity contribution is 6.05. The van der Waals surface area contributed by atoms with Gasteiger partial charge in [0.2, 0.25) is 11.8 Å². The quantitative estimate of drug-likeness (QED) is 0.845. The summed E-state index contributed by atoms with van der Waals surface area (Å²) in [6.07, 6.45) is 0.594. The van der Waals surface area contributed by atoms with Crippen LogP contribution in [0.3, 0.4) is 0 Å². The maximum atomic E-state index is 12.8. The normalized spacial score (nSPS) is 19.1. The fraction of sp³-hybridized carbons (Fsp3) is 0.286. The molecule has 0 bridgehead atoms. The monoisotopic (exact) mass is 364 g/mol. The Morgan fingerprint density at radius 3 is 2.74 bits per heavy atom. The van der Waals surface area contributed by atoms with Gasteiger partial charge in [0.1, 0.15) is 18.4 Å². The molecule has 27 heavy (non-hydrogen) atoms. The predicted molar refractivity (Wildman–Crippen MR) is 98.0 cm³/mol. The zero-order valence-electron chi connectivity index (χ0n) is 15.0. The van der Waals surface area contributed by atoms with E-state index in [-0.39, 0.29) is 18.2 Å². The largest absolute Gasteiger partial charge is 0.489 e. The number of fused-ring (bicyclic) bond motifs is 1. The van der Waals surface area contributed by atoms with Crippen LogP contribution in [0.15, 0.2) is 42.5 Å². The molecule has 6 nitrogen and oxygen atoms in total. The summed E-state index contributed by atoms with van der Waals surface area (Å²) in [7, 11) is 0. The molecular formula is C21H20N2O4. The van der Waals surface area contributed by atoms with Crippen molar-refractivity contribution < 1.29 is 19.1 Å². The van der Waals surface area contributed by atoms with E-state index in [1.165, 1.54) is 4.90 Å². The van der Waals surface area contributed by atoms with Gasteiger partial charge >= 0.3 is 0 Å². The first-order valence-corrected chi connectivity index (χ1v) is 8.98. The van der Waals surface area contributed by atoms with Crippen LogP contribution < -0.4 is 10.1 Å². The maximum Gasteiger partial charge on any atom is 0.255 e. The highest BCUT2D eigenvalue weighted by Crippen LogP contribution is 2.33. The van der Waals surface area contributed by atoms with E-state index in [4.69, 9.17) is 4.74 Å². The average Bonchev–Trinajstić information content (AvgIpc) is 2.97. The number of nitrogens with zero attached hydrogens (tertiary/aromatic N) is 1. The number of imide groups is 1. The van der Waals surface area contributed by atoms with Crippen molar-refractivity contribution >= 4 is 17.7 Å². The van der Waals surface area contributed by atoms with Crippen molar-refractivity contribution in [2.45, 2.75) is 39.0 Å². The molecule has 0 spiro atoms. The van der Waals surface area contributed by atoms with Crippen molar-refractivity contribution in [3.63, 3.8) is 0 Å². The highest BCUT2D eigenvalue weighted by atomic mass is 16.5. The Labute approximate surface area is 157 Å². The minimum atomic E-state index is -0.618. The molecule has 1 fully saturated rings. The summed E-state index contributed by atoms with van der Waals surface area (Å²) in [6, 6.07) is 12.8. The molecule has 6 heteroatoms. The van der Waals surface area contributed by atoms with Gasteiger partial charge in [-0.2, -0.15) is 0 Å². The fourth-order valence-electron chi connectivity index (χ4n) is 3.66. The van der Waals surface area contributed by atoms with Gasteiger partial charge in [0.15, 0.2) is 0 Å². The minimum Gasteiger partial charge on any atom is -0.489 e. The smallest absolute Gasteiger partial charge is 0.255 e. The van der Waals surface area contributed by atoms with E-state index in [1.54, 1.807) is 12.1 Å². The number of hydrogen-bond acceptors (Lipinski definition) is 4. The number of nitrogens with one attached hydrogen (secondary N) is 1. The maximum absolute atomic E-state index is 12.8. The topological polar surface area (TPSA) is 75.7 Å². The Morgan fingerprint density at radius 2 is 1.96 bits per heavy atom. The molecule has 1 saturated heterocycles. The molecule has 2 aromatic rings. The van der Waals surface area contributed by atoms with Gasteiger partial charge in [0, 0.05) is 17.5 Å². The van der Waals surface area contributed by atoms with E-state index in [0.717, 1.165) is 16.7 Å². The number of hydrogen-bond donors (Lipinski definition) is 1.